The first-order chi connectivity index (χ1) is 9.86. The number of benzene rings is 1. The first-order valence-corrected chi connectivity index (χ1v) is 7.56. The van der Waals surface area contributed by atoms with Crippen molar-refractivity contribution in [2.75, 3.05) is 6.54 Å². The number of rotatable bonds is 5. The normalized spacial score (nSPS) is 13.4. The Morgan fingerprint density at radius 3 is 2.43 bits per heavy atom. The van der Waals surface area contributed by atoms with Gasteiger partial charge in [0.25, 0.3) is 0 Å². The molecule has 0 aliphatic rings. The van der Waals surface area contributed by atoms with Gasteiger partial charge in [0.1, 0.15) is 0 Å². The second kappa shape index (κ2) is 6.58. The van der Waals surface area contributed by atoms with E-state index in [1.165, 1.54) is 12.1 Å². The lowest BCUT2D eigenvalue weighted by Crippen LogP contribution is -2.21. The van der Waals surface area contributed by atoms with E-state index in [2.05, 4.69) is 10.3 Å². The van der Waals surface area contributed by atoms with Crippen LogP contribution in [0.5, 0.6) is 0 Å². The van der Waals surface area contributed by atoms with E-state index in [4.69, 9.17) is 0 Å². The standard InChI is InChI=1S/C15H17F3N2S/c1-10-9-21-14(20-10)7-8-19-11(2)12-3-5-13(6-4-12)15(16,17)18/h3-6,9,11,19H,7-8H2,1-2H3. The number of nitrogens with zero attached hydrogens (tertiary/aromatic N) is 1. The maximum absolute atomic E-state index is 12.5. The number of hydrogen-bond acceptors (Lipinski definition) is 3. The van der Waals surface area contributed by atoms with E-state index in [-0.39, 0.29) is 6.04 Å². The highest BCUT2D eigenvalue weighted by molar-refractivity contribution is 7.09. The van der Waals surface area contributed by atoms with Crippen LogP contribution in [0.4, 0.5) is 13.2 Å². The molecule has 2 rings (SSSR count). The fourth-order valence-corrected chi connectivity index (χ4v) is 2.77. The number of hydrogen-bond donors (Lipinski definition) is 1. The van der Waals surface area contributed by atoms with E-state index in [1.807, 2.05) is 19.2 Å². The third-order valence-corrected chi connectivity index (χ3v) is 4.22. The molecule has 1 N–H and O–H groups in total. The summed E-state index contributed by atoms with van der Waals surface area (Å²) in [6.07, 6.45) is -3.46. The maximum Gasteiger partial charge on any atom is 0.416 e. The van der Waals surface area contributed by atoms with Gasteiger partial charge in [-0.25, -0.2) is 4.98 Å². The fourth-order valence-electron chi connectivity index (χ4n) is 1.99. The van der Waals surface area contributed by atoms with Crippen LogP contribution in [0.3, 0.4) is 0 Å². The Morgan fingerprint density at radius 2 is 1.90 bits per heavy atom. The van der Waals surface area contributed by atoms with Crippen LogP contribution in [0.25, 0.3) is 0 Å². The summed E-state index contributed by atoms with van der Waals surface area (Å²) in [5.74, 6) is 0. The molecular weight excluding hydrogens is 297 g/mol. The maximum atomic E-state index is 12.5. The second-order valence-electron chi connectivity index (χ2n) is 4.93. The molecule has 0 spiro atoms. The summed E-state index contributed by atoms with van der Waals surface area (Å²) in [5.41, 5.74) is 1.25. The molecule has 114 valence electrons. The zero-order valence-electron chi connectivity index (χ0n) is 11.9. The molecule has 0 saturated heterocycles. The lowest BCUT2D eigenvalue weighted by atomic mass is 10.1. The largest absolute Gasteiger partial charge is 0.416 e. The van der Waals surface area contributed by atoms with Crippen molar-refractivity contribution in [3.8, 4) is 0 Å². The Morgan fingerprint density at radius 1 is 1.24 bits per heavy atom. The molecule has 21 heavy (non-hydrogen) atoms. The first kappa shape index (κ1) is 16.0. The minimum Gasteiger partial charge on any atom is -0.310 e. The van der Waals surface area contributed by atoms with Crippen molar-refractivity contribution >= 4 is 11.3 Å². The molecule has 6 heteroatoms. The first-order valence-electron chi connectivity index (χ1n) is 6.68. The molecular formula is C15H17F3N2S. The van der Waals surface area contributed by atoms with Gasteiger partial charge in [-0.3, -0.25) is 0 Å². The Hall–Kier alpha value is -1.40. The molecule has 1 aromatic carbocycles. The summed E-state index contributed by atoms with van der Waals surface area (Å²) < 4.78 is 37.5. The van der Waals surface area contributed by atoms with Crippen LogP contribution in [-0.4, -0.2) is 11.5 Å². The van der Waals surface area contributed by atoms with Gasteiger partial charge < -0.3 is 5.32 Å². The predicted molar refractivity (Wildman–Crippen MR) is 78.4 cm³/mol. The van der Waals surface area contributed by atoms with Gasteiger partial charge in [0.15, 0.2) is 0 Å². The predicted octanol–water partition coefficient (Wildman–Crippen LogP) is 4.36. The lowest BCUT2D eigenvalue weighted by molar-refractivity contribution is -0.137. The molecule has 0 aliphatic carbocycles. The number of nitrogens with one attached hydrogen (secondary N) is 1. The van der Waals surface area contributed by atoms with Crippen molar-refractivity contribution < 1.29 is 13.2 Å². The zero-order valence-corrected chi connectivity index (χ0v) is 12.7. The topological polar surface area (TPSA) is 24.9 Å². The van der Waals surface area contributed by atoms with Crippen LogP contribution < -0.4 is 5.32 Å². The van der Waals surface area contributed by atoms with E-state index in [9.17, 15) is 13.2 Å². The summed E-state index contributed by atoms with van der Waals surface area (Å²) in [6, 6.07) is 5.30. The summed E-state index contributed by atoms with van der Waals surface area (Å²) in [6.45, 7) is 4.64. The van der Waals surface area contributed by atoms with Gasteiger partial charge in [0.05, 0.1) is 10.6 Å². The van der Waals surface area contributed by atoms with Gasteiger partial charge in [0.2, 0.25) is 0 Å². The molecule has 0 bridgehead atoms. The van der Waals surface area contributed by atoms with E-state index >= 15 is 0 Å². The highest BCUT2D eigenvalue weighted by Crippen LogP contribution is 2.29. The lowest BCUT2D eigenvalue weighted by Gasteiger charge is -2.15. The summed E-state index contributed by atoms with van der Waals surface area (Å²) in [7, 11) is 0. The molecule has 1 aromatic heterocycles. The monoisotopic (exact) mass is 314 g/mol. The van der Waals surface area contributed by atoms with E-state index in [0.29, 0.717) is 0 Å². The quantitative estimate of drug-likeness (QED) is 0.887. The summed E-state index contributed by atoms with van der Waals surface area (Å²) in [4.78, 5) is 4.37. The summed E-state index contributed by atoms with van der Waals surface area (Å²) >= 11 is 1.63. The van der Waals surface area contributed by atoms with Crippen LogP contribution in [0.2, 0.25) is 0 Å². The van der Waals surface area contributed by atoms with Crippen molar-refractivity contribution in [3.05, 3.63) is 51.5 Å². The third kappa shape index (κ3) is 4.54. The van der Waals surface area contributed by atoms with Crippen molar-refractivity contribution in [2.24, 2.45) is 0 Å². The number of aryl methyl sites for hydroxylation is 1. The van der Waals surface area contributed by atoms with E-state index < -0.39 is 11.7 Å². The Kier molecular flexibility index (Phi) is 5.00. The van der Waals surface area contributed by atoms with Gasteiger partial charge in [-0.1, -0.05) is 12.1 Å². The second-order valence-corrected chi connectivity index (χ2v) is 5.87. The number of alkyl halides is 3. The SMILES string of the molecule is Cc1csc(CCNC(C)c2ccc(C(F)(F)F)cc2)n1. The van der Waals surface area contributed by atoms with Crippen LogP contribution in [0.15, 0.2) is 29.6 Å². The molecule has 0 aliphatic heterocycles. The van der Waals surface area contributed by atoms with Gasteiger partial charge >= 0.3 is 6.18 Å². The molecule has 0 fully saturated rings. The highest BCUT2D eigenvalue weighted by atomic mass is 32.1. The molecule has 2 aromatic rings. The summed E-state index contributed by atoms with van der Waals surface area (Å²) in [5, 5.41) is 6.38. The van der Waals surface area contributed by atoms with E-state index in [1.54, 1.807) is 11.3 Å². The minimum absolute atomic E-state index is 0.00772. The third-order valence-electron chi connectivity index (χ3n) is 3.19. The Bertz CT molecular complexity index is 575. The van der Waals surface area contributed by atoms with Crippen LogP contribution in [0.1, 0.15) is 34.8 Å². The van der Waals surface area contributed by atoms with Crippen molar-refractivity contribution in [1.82, 2.24) is 10.3 Å². The van der Waals surface area contributed by atoms with Crippen LogP contribution >= 0.6 is 11.3 Å². The van der Waals surface area contributed by atoms with E-state index in [0.717, 1.165) is 41.4 Å². The fraction of sp³-hybridized carbons (Fsp3) is 0.400. The van der Waals surface area contributed by atoms with Gasteiger partial charge in [-0.2, -0.15) is 13.2 Å². The average molecular weight is 314 g/mol. The number of thiazole rings is 1. The van der Waals surface area contributed by atoms with Crippen LogP contribution in [0, 0.1) is 6.92 Å². The number of aromatic nitrogens is 1. The van der Waals surface area contributed by atoms with Gasteiger partial charge in [0, 0.05) is 30.1 Å². The zero-order chi connectivity index (χ0) is 15.5. The molecule has 0 radical (unpaired) electrons. The number of halogens is 3. The molecule has 1 unspecified atom stereocenters. The molecule has 0 saturated carbocycles. The molecule has 0 amide bonds. The molecule has 1 heterocycles. The minimum atomic E-state index is -4.28. The molecule has 2 nitrogen and oxygen atoms in total. The molecule has 1 atom stereocenters. The Labute approximate surface area is 126 Å². The van der Waals surface area contributed by atoms with Gasteiger partial charge in [-0.15, -0.1) is 11.3 Å². The van der Waals surface area contributed by atoms with Crippen molar-refractivity contribution in [1.29, 1.82) is 0 Å². The average Bonchev–Trinajstić information content (AvgIpc) is 2.83. The van der Waals surface area contributed by atoms with Crippen molar-refractivity contribution in [2.45, 2.75) is 32.5 Å². The smallest absolute Gasteiger partial charge is 0.310 e. The highest BCUT2D eigenvalue weighted by Gasteiger charge is 2.30. The Balaban J connectivity index is 1.87. The van der Waals surface area contributed by atoms with Crippen molar-refractivity contribution in [3.63, 3.8) is 0 Å². The van der Waals surface area contributed by atoms with Crippen LogP contribution in [-0.2, 0) is 12.6 Å². The van der Waals surface area contributed by atoms with Gasteiger partial charge in [-0.05, 0) is 31.5 Å².